The quantitative estimate of drug-likeness (QED) is 0.560. The van der Waals surface area contributed by atoms with E-state index in [1.807, 2.05) is 31.2 Å². The summed E-state index contributed by atoms with van der Waals surface area (Å²) in [5.41, 5.74) is 3.03. The molecule has 7 heteroatoms. The number of aryl methyl sites for hydroxylation is 1. The van der Waals surface area contributed by atoms with Crippen molar-refractivity contribution in [3.05, 3.63) is 99.9 Å². The van der Waals surface area contributed by atoms with Crippen molar-refractivity contribution in [2.24, 2.45) is 0 Å². The molecule has 3 rings (SSSR count). The highest BCUT2D eigenvalue weighted by molar-refractivity contribution is 7.95. The highest BCUT2D eigenvalue weighted by Gasteiger charge is 2.09. The first-order valence-electron chi connectivity index (χ1n) is 8.76. The lowest BCUT2D eigenvalue weighted by Gasteiger charge is -2.08. The summed E-state index contributed by atoms with van der Waals surface area (Å²) in [5, 5.41) is 4.43. The van der Waals surface area contributed by atoms with E-state index in [0.717, 1.165) is 16.5 Å². The van der Waals surface area contributed by atoms with Crippen LogP contribution in [0.25, 0.3) is 6.08 Å². The maximum absolute atomic E-state index is 12.4. The van der Waals surface area contributed by atoms with Gasteiger partial charge in [0.15, 0.2) is 0 Å². The van der Waals surface area contributed by atoms with Gasteiger partial charge in [0, 0.05) is 22.0 Å². The van der Waals surface area contributed by atoms with Gasteiger partial charge in [0.25, 0.3) is 15.9 Å². The summed E-state index contributed by atoms with van der Waals surface area (Å²) < 4.78 is 26.9. The molecule has 0 fully saturated rings. The third kappa shape index (κ3) is 5.94. The Labute approximate surface area is 175 Å². The molecule has 0 heterocycles. The van der Waals surface area contributed by atoms with Gasteiger partial charge in [-0.3, -0.25) is 9.52 Å². The summed E-state index contributed by atoms with van der Waals surface area (Å²) in [7, 11) is -3.67. The van der Waals surface area contributed by atoms with Crippen LogP contribution in [0.4, 0.5) is 11.4 Å². The zero-order valence-electron chi connectivity index (χ0n) is 15.6. The standard InChI is InChI=1S/C22H19ClN2O3S/c1-16-7-10-20(15-21(16)23)24-22(26)18-8-11-19(12-9-18)25-29(27,28)14-13-17-5-3-2-4-6-17/h2-15,25H,1H3,(H,24,26). The average molecular weight is 427 g/mol. The van der Waals surface area contributed by atoms with E-state index in [2.05, 4.69) is 10.0 Å². The Bertz CT molecular complexity index is 1140. The Morgan fingerprint density at radius 1 is 0.931 bits per heavy atom. The summed E-state index contributed by atoms with van der Waals surface area (Å²) in [6.45, 7) is 1.88. The summed E-state index contributed by atoms with van der Waals surface area (Å²) >= 11 is 6.07. The fourth-order valence-electron chi connectivity index (χ4n) is 2.49. The first kappa shape index (κ1) is 20.6. The van der Waals surface area contributed by atoms with E-state index >= 15 is 0 Å². The van der Waals surface area contributed by atoms with Crippen LogP contribution in [0.2, 0.25) is 5.02 Å². The van der Waals surface area contributed by atoms with Gasteiger partial charge in [0.05, 0.1) is 5.41 Å². The van der Waals surface area contributed by atoms with Gasteiger partial charge in [-0.25, -0.2) is 8.42 Å². The van der Waals surface area contributed by atoms with Crippen LogP contribution in [-0.4, -0.2) is 14.3 Å². The monoisotopic (exact) mass is 426 g/mol. The van der Waals surface area contributed by atoms with Gasteiger partial charge in [-0.1, -0.05) is 48.0 Å². The van der Waals surface area contributed by atoms with Crippen LogP contribution in [0.15, 0.2) is 78.2 Å². The van der Waals surface area contributed by atoms with Crippen molar-refractivity contribution in [3.63, 3.8) is 0 Å². The predicted molar refractivity (Wildman–Crippen MR) is 119 cm³/mol. The molecule has 3 aromatic carbocycles. The highest BCUT2D eigenvalue weighted by atomic mass is 35.5. The molecule has 2 N–H and O–H groups in total. The topological polar surface area (TPSA) is 75.3 Å². The Morgan fingerprint density at radius 2 is 1.59 bits per heavy atom. The lowest BCUT2D eigenvalue weighted by molar-refractivity contribution is 0.102. The van der Waals surface area contributed by atoms with Gasteiger partial charge in [0.1, 0.15) is 0 Å². The molecule has 0 saturated carbocycles. The predicted octanol–water partition coefficient (Wildman–Crippen LogP) is 5.31. The minimum atomic E-state index is -3.67. The number of rotatable bonds is 6. The van der Waals surface area contributed by atoms with Crippen molar-refractivity contribution in [1.29, 1.82) is 0 Å². The molecule has 0 spiro atoms. The Hall–Kier alpha value is -3.09. The number of benzene rings is 3. The van der Waals surface area contributed by atoms with Crippen molar-refractivity contribution >= 4 is 45.0 Å². The zero-order chi connectivity index (χ0) is 20.9. The SMILES string of the molecule is Cc1ccc(NC(=O)c2ccc(NS(=O)(=O)C=Cc3ccccc3)cc2)cc1Cl. The fraction of sp³-hybridized carbons (Fsp3) is 0.0455. The Morgan fingerprint density at radius 3 is 2.24 bits per heavy atom. The van der Waals surface area contributed by atoms with Gasteiger partial charge in [0.2, 0.25) is 0 Å². The van der Waals surface area contributed by atoms with Crippen LogP contribution < -0.4 is 10.0 Å². The molecule has 0 radical (unpaired) electrons. The molecule has 0 saturated heterocycles. The fourth-order valence-corrected chi connectivity index (χ4v) is 3.54. The van der Waals surface area contributed by atoms with Crippen molar-refractivity contribution in [2.75, 3.05) is 10.0 Å². The number of amides is 1. The van der Waals surface area contributed by atoms with Gasteiger partial charge >= 0.3 is 0 Å². The van der Waals surface area contributed by atoms with E-state index in [1.165, 1.54) is 18.2 Å². The average Bonchev–Trinajstić information content (AvgIpc) is 2.70. The maximum Gasteiger partial charge on any atom is 0.255 e. The van der Waals surface area contributed by atoms with Crippen LogP contribution >= 0.6 is 11.6 Å². The lowest BCUT2D eigenvalue weighted by Crippen LogP contribution is -2.12. The van der Waals surface area contributed by atoms with Crippen LogP contribution in [0.3, 0.4) is 0 Å². The molecule has 5 nitrogen and oxygen atoms in total. The number of hydrogen-bond acceptors (Lipinski definition) is 3. The summed E-state index contributed by atoms with van der Waals surface area (Å²) in [4.78, 5) is 12.4. The van der Waals surface area contributed by atoms with E-state index in [1.54, 1.807) is 36.4 Å². The van der Waals surface area contributed by atoms with Crippen molar-refractivity contribution in [3.8, 4) is 0 Å². The molecule has 0 aliphatic carbocycles. The van der Waals surface area contributed by atoms with Crippen LogP contribution in [0.5, 0.6) is 0 Å². The van der Waals surface area contributed by atoms with E-state index in [-0.39, 0.29) is 5.91 Å². The van der Waals surface area contributed by atoms with Crippen LogP contribution in [0.1, 0.15) is 21.5 Å². The summed E-state index contributed by atoms with van der Waals surface area (Å²) in [6, 6.07) is 20.5. The minimum Gasteiger partial charge on any atom is -0.322 e. The zero-order valence-corrected chi connectivity index (χ0v) is 17.2. The molecular weight excluding hydrogens is 408 g/mol. The molecule has 0 aliphatic heterocycles. The largest absolute Gasteiger partial charge is 0.322 e. The second kappa shape index (κ2) is 8.94. The van der Waals surface area contributed by atoms with E-state index in [9.17, 15) is 13.2 Å². The Kier molecular flexibility index (Phi) is 6.36. The first-order valence-corrected chi connectivity index (χ1v) is 10.7. The summed E-state index contributed by atoms with van der Waals surface area (Å²) in [5.74, 6) is -0.316. The molecule has 0 aliphatic rings. The van der Waals surface area contributed by atoms with Gasteiger partial charge in [-0.15, -0.1) is 0 Å². The van der Waals surface area contributed by atoms with E-state index in [4.69, 9.17) is 11.6 Å². The molecule has 3 aromatic rings. The van der Waals surface area contributed by atoms with E-state index in [0.29, 0.717) is 22.0 Å². The highest BCUT2D eigenvalue weighted by Crippen LogP contribution is 2.21. The lowest BCUT2D eigenvalue weighted by atomic mass is 10.2. The number of carbonyl (C=O) groups is 1. The summed E-state index contributed by atoms with van der Waals surface area (Å²) in [6.07, 6.45) is 1.51. The number of anilines is 2. The van der Waals surface area contributed by atoms with Gasteiger partial charge < -0.3 is 5.32 Å². The molecule has 0 aromatic heterocycles. The molecular formula is C22H19ClN2O3S. The number of hydrogen-bond donors (Lipinski definition) is 2. The van der Waals surface area contributed by atoms with Crippen molar-refractivity contribution in [2.45, 2.75) is 6.92 Å². The molecule has 0 unspecified atom stereocenters. The normalized spacial score (nSPS) is 11.4. The molecule has 29 heavy (non-hydrogen) atoms. The number of halogens is 1. The third-order valence-electron chi connectivity index (χ3n) is 4.08. The number of sulfonamides is 1. The van der Waals surface area contributed by atoms with Crippen molar-refractivity contribution < 1.29 is 13.2 Å². The Balaban J connectivity index is 1.65. The van der Waals surface area contributed by atoms with E-state index < -0.39 is 10.0 Å². The van der Waals surface area contributed by atoms with Gasteiger partial charge in [-0.2, -0.15) is 0 Å². The number of carbonyl (C=O) groups excluding carboxylic acids is 1. The third-order valence-corrected chi connectivity index (χ3v) is 5.50. The van der Waals surface area contributed by atoms with Gasteiger partial charge in [-0.05, 0) is 60.5 Å². The molecule has 0 bridgehead atoms. The molecule has 148 valence electrons. The first-order chi connectivity index (χ1) is 13.8. The molecule has 0 atom stereocenters. The number of nitrogens with one attached hydrogen (secondary N) is 2. The smallest absolute Gasteiger partial charge is 0.255 e. The minimum absolute atomic E-state index is 0.316. The second-order valence-corrected chi connectivity index (χ2v) is 8.33. The maximum atomic E-state index is 12.4. The second-order valence-electron chi connectivity index (χ2n) is 6.36. The molecule has 1 amide bonds. The van der Waals surface area contributed by atoms with Crippen molar-refractivity contribution in [1.82, 2.24) is 0 Å². The van der Waals surface area contributed by atoms with Crippen LogP contribution in [-0.2, 0) is 10.0 Å². The van der Waals surface area contributed by atoms with Crippen LogP contribution in [0, 0.1) is 6.92 Å².